The number of aliphatic carboxylic acids is 1. The summed E-state index contributed by atoms with van der Waals surface area (Å²) in [5.41, 5.74) is 3.34. The number of carbonyl (C=O) groups is 2. The first-order valence-corrected chi connectivity index (χ1v) is 11.4. The Morgan fingerprint density at radius 2 is 2.13 bits per heavy atom. The van der Waals surface area contributed by atoms with Gasteiger partial charge in [0.15, 0.2) is 0 Å². The molecule has 1 N–H and O–H groups in total. The highest BCUT2D eigenvalue weighted by atomic mass is 32.2. The zero-order valence-corrected chi connectivity index (χ0v) is 18.0. The SMILES string of the molecule is COc1ccc(CN2CCc3sc(/C=C4/C(=O)N5C(C(=O)O)=CSC45)cc3C2)cc1. The van der Waals surface area contributed by atoms with Gasteiger partial charge in [-0.2, -0.15) is 0 Å². The van der Waals surface area contributed by atoms with Crippen molar-refractivity contribution in [3.05, 3.63) is 67.9 Å². The quantitative estimate of drug-likeness (QED) is 0.567. The lowest BCUT2D eigenvalue weighted by molar-refractivity contribution is -0.141. The van der Waals surface area contributed by atoms with E-state index in [2.05, 4.69) is 23.1 Å². The largest absolute Gasteiger partial charge is 0.497 e. The van der Waals surface area contributed by atoms with Crippen LogP contribution in [0.15, 0.2) is 47.0 Å². The number of benzene rings is 1. The summed E-state index contributed by atoms with van der Waals surface area (Å²) in [7, 11) is 1.67. The number of thioether (sulfide) groups is 1. The minimum atomic E-state index is -1.05. The van der Waals surface area contributed by atoms with Gasteiger partial charge in [0.1, 0.15) is 16.8 Å². The lowest BCUT2D eigenvalue weighted by Gasteiger charge is -2.37. The molecule has 6 nitrogen and oxygen atoms in total. The molecule has 0 bridgehead atoms. The van der Waals surface area contributed by atoms with E-state index in [0.29, 0.717) is 5.57 Å². The third-order valence-electron chi connectivity index (χ3n) is 5.58. The van der Waals surface area contributed by atoms with Gasteiger partial charge in [0.25, 0.3) is 5.91 Å². The van der Waals surface area contributed by atoms with E-state index in [9.17, 15) is 14.7 Å². The van der Waals surface area contributed by atoms with Gasteiger partial charge in [-0.25, -0.2) is 4.79 Å². The molecule has 0 saturated carbocycles. The number of carboxylic acids is 1. The van der Waals surface area contributed by atoms with Crippen LogP contribution in [-0.4, -0.2) is 45.8 Å². The van der Waals surface area contributed by atoms with Crippen molar-refractivity contribution in [3.8, 4) is 5.75 Å². The summed E-state index contributed by atoms with van der Waals surface area (Å²) in [6.07, 6.45) is 2.94. The topological polar surface area (TPSA) is 70.1 Å². The lowest BCUT2D eigenvalue weighted by atomic mass is 10.0. The number of thiophene rings is 1. The number of nitrogens with zero attached hydrogens (tertiary/aromatic N) is 2. The maximum atomic E-state index is 12.4. The van der Waals surface area contributed by atoms with Crippen LogP contribution in [-0.2, 0) is 29.1 Å². The van der Waals surface area contributed by atoms with E-state index >= 15 is 0 Å². The number of carboxylic acid groups (broad SMARTS) is 1. The molecule has 4 heterocycles. The van der Waals surface area contributed by atoms with Gasteiger partial charge >= 0.3 is 5.97 Å². The molecule has 1 atom stereocenters. The molecule has 1 unspecified atom stereocenters. The lowest BCUT2D eigenvalue weighted by Crippen LogP contribution is -2.51. The fraction of sp³-hybridized carbons (Fsp3) is 0.273. The van der Waals surface area contributed by atoms with Crippen LogP contribution in [0.4, 0.5) is 0 Å². The molecule has 0 spiro atoms. The summed E-state index contributed by atoms with van der Waals surface area (Å²) in [5.74, 6) is -0.391. The van der Waals surface area contributed by atoms with Gasteiger partial charge in [-0.15, -0.1) is 23.1 Å². The Labute approximate surface area is 182 Å². The average molecular weight is 441 g/mol. The van der Waals surface area contributed by atoms with Crippen LogP contribution in [0.3, 0.4) is 0 Å². The predicted octanol–water partition coefficient (Wildman–Crippen LogP) is 3.54. The fourth-order valence-corrected chi connectivity index (χ4v) is 6.27. The molecular weight excluding hydrogens is 420 g/mol. The first-order valence-electron chi connectivity index (χ1n) is 9.64. The zero-order valence-electron chi connectivity index (χ0n) is 16.3. The van der Waals surface area contributed by atoms with Gasteiger partial charge in [-0.3, -0.25) is 14.6 Å². The molecule has 1 amide bonds. The summed E-state index contributed by atoms with van der Waals surface area (Å²) in [6, 6.07) is 10.4. The summed E-state index contributed by atoms with van der Waals surface area (Å²) in [5, 5.41) is 10.6. The van der Waals surface area contributed by atoms with E-state index in [4.69, 9.17) is 4.74 Å². The van der Waals surface area contributed by atoms with Crippen molar-refractivity contribution in [1.82, 2.24) is 9.80 Å². The molecule has 2 aromatic rings. The van der Waals surface area contributed by atoms with Gasteiger partial charge in [-0.1, -0.05) is 12.1 Å². The molecule has 1 fully saturated rings. The maximum Gasteiger partial charge on any atom is 0.353 e. The molecule has 3 aliphatic heterocycles. The number of hydrogen-bond donors (Lipinski definition) is 1. The Morgan fingerprint density at radius 3 is 2.87 bits per heavy atom. The Hall–Kier alpha value is -2.55. The first-order chi connectivity index (χ1) is 14.5. The van der Waals surface area contributed by atoms with Crippen molar-refractivity contribution in [1.29, 1.82) is 0 Å². The Balaban J connectivity index is 1.27. The number of ether oxygens (including phenoxy) is 1. The summed E-state index contributed by atoms with van der Waals surface area (Å²) in [4.78, 5) is 29.9. The number of β-lactam (4-membered cyclic amide) rings is 1. The van der Waals surface area contributed by atoms with Crippen LogP contribution in [0.5, 0.6) is 5.75 Å². The van der Waals surface area contributed by atoms with Gasteiger partial charge in [-0.05, 0) is 41.8 Å². The standard InChI is InChI=1S/C22H20N2O4S2/c1-28-15-4-2-13(3-5-15)10-23-7-6-19-14(11-23)8-16(30-19)9-17-20(25)24-18(22(26)27)12-29-21(17)24/h2-5,8-9,12,21H,6-7,10-11H2,1H3,(H,26,27)/b17-9-. The average Bonchev–Trinajstić information content (AvgIpc) is 3.34. The van der Waals surface area contributed by atoms with Crippen LogP contribution in [0.2, 0.25) is 0 Å². The minimum Gasteiger partial charge on any atom is -0.497 e. The van der Waals surface area contributed by atoms with Crippen molar-refractivity contribution in [2.45, 2.75) is 24.9 Å². The highest BCUT2D eigenvalue weighted by Crippen LogP contribution is 2.45. The van der Waals surface area contributed by atoms with E-state index in [-0.39, 0.29) is 17.0 Å². The second-order valence-electron chi connectivity index (χ2n) is 7.48. The normalized spacial score (nSPS) is 21.8. The van der Waals surface area contributed by atoms with Gasteiger partial charge < -0.3 is 9.84 Å². The predicted molar refractivity (Wildman–Crippen MR) is 117 cm³/mol. The first kappa shape index (κ1) is 19.4. The molecule has 1 aromatic heterocycles. The Bertz CT molecular complexity index is 1090. The van der Waals surface area contributed by atoms with Crippen molar-refractivity contribution in [2.75, 3.05) is 13.7 Å². The minimum absolute atomic E-state index is 0.0757. The van der Waals surface area contributed by atoms with Crippen molar-refractivity contribution >= 4 is 41.1 Å². The molecule has 1 saturated heterocycles. The molecule has 154 valence electrons. The van der Waals surface area contributed by atoms with Gasteiger partial charge in [0.05, 0.1) is 12.7 Å². The Morgan fingerprint density at radius 1 is 1.33 bits per heavy atom. The molecular formula is C22H20N2O4S2. The zero-order chi connectivity index (χ0) is 20.8. The van der Waals surface area contributed by atoms with E-state index in [1.165, 1.54) is 32.7 Å². The third kappa shape index (κ3) is 3.34. The van der Waals surface area contributed by atoms with Crippen LogP contribution >= 0.6 is 23.1 Å². The monoisotopic (exact) mass is 440 g/mol. The number of methoxy groups -OCH3 is 1. The van der Waals surface area contributed by atoms with Gasteiger partial charge in [0.2, 0.25) is 0 Å². The van der Waals surface area contributed by atoms with Crippen LogP contribution < -0.4 is 4.74 Å². The van der Waals surface area contributed by atoms with Gasteiger partial charge in [0, 0.05) is 34.8 Å². The maximum absolute atomic E-state index is 12.4. The molecule has 0 radical (unpaired) electrons. The number of rotatable bonds is 5. The second kappa shape index (κ2) is 7.61. The summed E-state index contributed by atoms with van der Waals surface area (Å²) in [6.45, 7) is 2.79. The highest BCUT2D eigenvalue weighted by Gasteiger charge is 2.49. The van der Waals surface area contributed by atoms with E-state index in [1.807, 2.05) is 18.2 Å². The number of hydrogen-bond acceptors (Lipinski definition) is 6. The van der Waals surface area contributed by atoms with Crippen molar-refractivity contribution in [3.63, 3.8) is 0 Å². The number of amides is 1. The Kier molecular flexibility index (Phi) is 4.92. The fourth-order valence-electron chi connectivity index (χ4n) is 4.03. The summed E-state index contributed by atoms with van der Waals surface area (Å²) < 4.78 is 5.23. The smallest absolute Gasteiger partial charge is 0.353 e. The highest BCUT2D eigenvalue weighted by molar-refractivity contribution is 8.03. The molecule has 0 aliphatic carbocycles. The molecule has 5 rings (SSSR count). The third-order valence-corrected chi connectivity index (χ3v) is 7.85. The van der Waals surface area contributed by atoms with Crippen molar-refractivity contribution < 1.29 is 19.4 Å². The van der Waals surface area contributed by atoms with Crippen LogP contribution in [0.25, 0.3) is 6.08 Å². The van der Waals surface area contributed by atoms with E-state index < -0.39 is 5.97 Å². The number of fused-ring (bicyclic) bond motifs is 2. The molecule has 1 aromatic carbocycles. The summed E-state index contributed by atoms with van der Waals surface area (Å²) >= 11 is 3.12. The molecule has 3 aliphatic rings. The molecule has 8 heteroatoms. The van der Waals surface area contributed by atoms with E-state index in [1.54, 1.807) is 23.9 Å². The van der Waals surface area contributed by atoms with Crippen molar-refractivity contribution in [2.24, 2.45) is 0 Å². The van der Waals surface area contributed by atoms with Crippen LogP contribution in [0, 0.1) is 0 Å². The second-order valence-corrected chi connectivity index (χ2v) is 9.60. The number of carbonyl (C=O) groups excluding carboxylic acids is 1. The van der Waals surface area contributed by atoms with E-state index in [0.717, 1.165) is 36.7 Å². The molecule has 30 heavy (non-hydrogen) atoms. The van der Waals surface area contributed by atoms with Crippen LogP contribution in [0.1, 0.15) is 20.9 Å².